The van der Waals surface area contributed by atoms with Crippen molar-refractivity contribution >= 4 is 5.91 Å². The van der Waals surface area contributed by atoms with Gasteiger partial charge < -0.3 is 10.4 Å². The van der Waals surface area contributed by atoms with E-state index in [0.717, 1.165) is 56.4 Å². The van der Waals surface area contributed by atoms with Crippen LogP contribution in [-0.4, -0.2) is 29.0 Å². The molecule has 1 aliphatic heterocycles. The number of benzene rings is 3. The first kappa shape index (κ1) is 22.1. The third kappa shape index (κ3) is 5.77. The van der Waals surface area contributed by atoms with Gasteiger partial charge in [0.2, 0.25) is 0 Å². The number of rotatable bonds is 8. The van der Waals surface area contributed by atoms with Crippen molar-refractivity contribution in [3.8, 4) is 5.75 Å². The highest BCUT2D eigenvalue weighted by Crippen LogP contribution is 2.25. The molecule has 0 bridgehead atoms. The Morgan fingerprint density at radius 2 is 1.84 bits per heavy atom. The van der Waals surface area contributed by atoms with E-state index in [4.69, 9.17) is 0 Å². The second-order valence-electron chi connectivity index (χ2n) is 8.77. The lowest BCUT2D eigenvalue weighted by Crippen LogP contribution is -2.32. The van der Waals surface area contributed by atoms with Crippen molar-refractivity contribution in [3.05, 3.63) is 100 Å². The Hall–Kier alpha value is -3.11. The van der Waals surface area contributed by atoms with E-state index in [1.54, 1.807) is 6.07 Å². The third-order valence-corrected chi connectivity index (χ3v) is 6.20. The first-order valence-corrected chi connectivity index (χ1v) is 11.5. The monoisotopic (exact) mass is 428 g/mol. The highest BCUT2D eigenvalue weighted by atomic mass is 16.3. The number of amides is 1. The average molecular weight is 429 g/mol. The van der Waals surface area contributed by atoms with Crippen LogP contribution in [0.3, 0.4) is 0 Å². The molecule has 4 nitrogen and oxygen atoms in total. The summed E-state index contributed by atoms with van der Waals surface area (Å²) >= 11 is 0. The van der Waals surface area contributed by atoms with Crippen LogP contribution in [0.15, 0.2) is 66.7 Å². The molecule has 0 radical (unpaired) electrons. The van der Waals surface area contributed by atoms with Gasteiger partial charge in [0.15, 0.2) is 0 Å². The molecular weight excluding hydrogens is 396 g/mol. The molecule has 0 atom stereocenters. The molecule has 4 heteroatoms. The molecule has 0 aromatic heterocycles. The van der Waals surface area contributed by atoms with Crippen LogP contribution in [0.4, 0.5) is 0 Å². The molecule has 1 amide bonds. The van der Waals surface area contributed by atoms with Gasteiger partial charge in [0.1, 0.15) is 5.75 Å². The van der Waals surface area contributed by atoms with Crippen molar-refractivity contribution < 1.29 is 9.90 Å². The molecule has 0 fully saturated rings. The normalized spacial score (nSPS) is 13.5. The minimum Gasteiger partial charge on any atom is -0.508 e. The van der Waals surface area contributed by atoms with Crippen LogP contribution >= 0.6 is 0 Å². The summed E-state index contributed by atoms with van der Waals surface area (Å²) < 4.78 is 0. The number of carbonyl (C=O) groups excluding carboxylic acids is 1. The van der Waals surface area contributed by atoms with Crippen molar-refractivity contribution in [2.75, 3.05) is 13.1 Å². The van der Waals surface area contributed by atoms with Crippen LogP contribution in [0, 0.1) is 6.92 Å². The zero-order chi connectivity index (χ0) is 22.3. The minimum atomic E-state index is 0.0158. The number of phenolic OH excluding ortho intramolecular Hbond substituents is 1. The summed E-state index contributed by atoms with van der Waals surface area (Å²) in [6, 6.07) is 22.2. The summed E-state index contributed by atoms with van der Waals surface area (Å²) in [7, 11) is 0. The zero-order valence-electron chi connectivity index (χ0n) is 18.8. The van der Waals surface area contributed by atoms with E-state index < -0.39 is 0 Å². The first-order valence-electron chi connectivity index (χ1n) is 11.5. The topological polar surface area (TPSA) is 52.6 Å². The van der Waals surface area contributed by atoms with E-state index in [2.05, 4.69) is 47.5 Å². The highest BCUT2D eigenvalue weighted by molar-refractivity contribution is 5.95. The summed E-state index contributed by atoms with van der Waals surface area (Å²) in [5.74, 6) is 0.348. The van der Waals surface area contributed by atoms with Gasteiger partial charge in [0.25, 0.3) is 5.91 Å². The molecule has 1 aliphatic rings. The lowest BCUT2D eigenvalue weighted by molar-refractivity contribution is 0.0950. The van der Waals surface area contributed by atoms with Crippen LogP contribution < -0.4 is 5.32 Å². The summed E-state index contributed by atoms with van der Waals surface area (Å²) in [5, 5.41) is 12.8. The van der Waals surface area contributed by atoms with E-state index in [1.807, 2.05) is 30.3 Å². The lowest BCUT2D eigenvalue weighted by Gasteiger charge is -2.29. The average Bonchev–Trinajstić information content (AvgIpc) is 2.79. The molecule has 1 heterocycles. The highest BCUT2D eigenvalue weighted by Gasteiger charge is 2.19. The van der Waals surface area contributed by atoms with E-state index in [1.165, 1.54) is 22.3 Å². The van der Waals surface area contributed by atoms with Crippen LogP contribution in [0.1, 0.15) is 51.0 Å². The second-order valence-corrected chi connectivity index (χ2v) is 8.77. The van der Waals surface area contributed by atoms with Gasteiger partial charge in [0.05, 0.1) is 0 Å². The minimum absolute atomic E-state index is 0.0158. The van der Waals surface area contributed by atoms with Crippen molar-refractivity contribution in [2.24, 2.45) is 0 Å². The van der Waals surface area contributed by atoms with E-state index in [0.29, 0.717) is 12.3 Å². The number of phenols is 1. The fourth-order valence-electron chi connectivity index (χ4n) is 4.44. The largest absolute Gasteiger partial charge is 0.508 e. The van der Waals surface area contributed by atoms with Gasteiger partial charge in [-0.1, -0.05) is 54.1 Å². The molecule has 166 valence electrons. The Bertz CT molecular complexity index is 1060. The molecule has 0 spiro atoms. The van der Waals surface area contributed by atoms with Crippen molar-refractivity contribution in [1.29, 1.82) is 0 Å². The summed E-state index contributed by atoms with van der Waals surface area (Å²) in [5.41, 5.74) is 6.84. The molecule has 3 aromatic carbocycles. The fourth-order valence-corrected chi connectivity index (χ4v) is 4.44. The van der Waals surface area contributed by atoms with Gasteiger partial charge in [-0.05, 0) is 73.1 Å². The molecule has 32 heavy (non-hydrogen) atoms. The number of carbonyl (C=O) groups is 1. The molecular formula is C28H32N2O2. The molecule has 2 N–H and O–H groups in total. The number of fused-ring (bicyclic) bond motifs is 1. The maximum atomic E-state index is 12.9. The number of hydrogen-bond donors (Lipinski definition) is 2. The maximum Gasteiger partial charge on any atom is 0.251 e. The van der Waals surface area contributed by atoms with E-state index in [9.17, 15) is 9.90 Å². The lowest BCUT2D eigenvalue weighted by atomic mass is 9.97. The Morgan fingerprint density at radius 3 is 2.69 bits per heavy atom. The maximum absolute atomic E-state index is 12.9. The third-order valence-electron chi connectivity index (χ3n) is 6.20. The summed E-state index contributed by atoms with van der Waals surface area (Å²) in [6.45, 7) is 5.27. The smallest absolute Gasteiger partial charge is 0.251 e. The number of hydrogen-bond acceptors (Lipinski definition) is 3. The van der Waals surface area contributed by atoms with Gasteiger partial charge >= 0.3 is 0 Å². The molecule has 3 aromatic rings. The first-order chi connectivity index (χ1) is 15.6. The van der Waals surface area contributed by atoms with Crippen LogP contribution in [-0.2, 0) is 25.9 Å². The van der Waals surface area contributed by atoms with Crippen LogP contribution in [0.5, 0.6) is 5.75 Å². The Labute approximate surface area is 190 Å². The van der Waals surface area contributed by atoms with Gasteiger partial charge in [-0.25, -0.2) is 0 Å². The molecule has 0 unspecified atom stereocenters. The Morgan fingerprint density at radius 1 is 1.00 bits per heavy atom. The Kier molecular flexibility index (Phi) is 7.23. The zero-order valence-corrected chi connectivity index (χ0v) is 18.8. The number of aromatic hydroxyl groups is 1. The molecule has 0 saturated heterocycles. The van der Waals surface area contributed by atoms with Crippen molar-refractivity contribution in [2.45, 2.75) is 45.7 Å². The summed E-state index contributed by atoms with van der Waals surface area (Å²) in [6.07, 6.45) is 3.99. The van der Waals surface area contributed by atoms with Gasteiger partial charge in [0, 0.05) is 31.7 Å². The SMILES string of the molecule is Cc1ccc(C(=O)NCCCCc2ccccc2)c(CN2CCc3cc(O)ccc3C2)c1. The van der Waals surface area contributed by atoms with Crippen LogP contribution in [0.2, 0.25) is 0 Å². The predicted octanol–water partition coefficient (Wildman–Crippen LogP) is 5.01. The predicted molar refractivity (Wildman–Crippen MR) is 129 cm³/mol. The van der Waals surface area contributed by atoms with Gasteiger partial charge in [-0.3, -0.25) is 9.69 Å². The quantitative estimate of drug-likeness (QED) is 0.496. The Balaban J connectivity index is 1.33. The van der Waals surface area contributed by atoms with Crippen molar-refractivity contribution in [1.82, 2.24) is 10.2 Å². The fraction of sp³-hybridized carbons (Fsp3) is 0.321. The van der Waals surface area contributed by atoms with E-state index >= 15 is 0 Å². The standard InChI is InChI=1S/C28H32N2O2/c1-21-10-13-27(28(32)29-15-6-5-9-22-7-3-2-4-8-22)25(17-21)20-30-16-14-23-18-26(31)12-11-24(23)19-30/h2-4,7-8,10-13,17-18,31H,5-6,9,14-16,19-20H2,1H3,(H,29,32). The summed E-state index contributed by atoms with van der Waals surface area (Å²) in [4.78, 5) is 15.3. The van der Waals surface area contributed by atoms with Gasteiger partial charge in [-0.15, -0.1) is 0 Å². The van der Waals surface area contributed by atoms with E-state index in [-0.39, 0.29) is 5.91 Å². The second kappa shape index (κ2) is 10.5. The van der Waals surface area contributed by atoms with Gasteiger partial charge in [-0.2, -0.15) is 0 Å². The van der Waals surface area contributed by atoms with Crippen molar-refractivity contribution in [3.63, 3.8) is 0 Å². The molecule has 4 rings (SSSR count). The molecule has 0 aliphatic carbocycles. The molecule has 0 saturated carbocycles. The number of unbranched alkanes of at least 4 members (excludes halogenated alkanes) is 1. The number of nitrogens with one attached hydrogen (secondary N) is 1. The number of aryl methyl sites for hydroxylation is 2. The number of nitrogens with zero attached hydrogens (tertiary/aromatic N) is 1. The van der Waals surface area contributed by atoms with Crippen LogP contribution in [0.25, 0.3) is 0 Å².